The van der Waals surface area contributed by atoms with Gasteiger partial charge in [0.2, 0.25) is 0 Å². The number of hydrogen-bond donors (Lipinski definition) is 0. The van der Waals surface area contributed by atoms with Crippen molar-refractivity contribution in [1.29, 1.82) is 0 Å². The molecule has 0 heterocycles. The van der Waals surface area contributed by atoms with E-state index < -0.39 is 0 Å². The van der Waals surface area contributed by atoms with Gasteiger partial charge in [0.05, 0.1) is 5.38 Å². The highest BCUT2D eigenvalue weighted by Crippen LogP contribution is 2.26. The largest absolute Gasteiger partial charge is 0.118 e. The highest BCUT2D eigenvalue weighted by molar-refractivity contribution is 6.20. The molecule has 2 unspecified atom stereocenters. The van der Waals surface area contributed by atoms with Crippen LogP contribution >= 0.6 is 11.6 Å². The van der Waals surface area contributed by atoms with Gasteiger partial charge in [-0.3, -0.25) is 0 Å². The van der Waals surface area contributed by atoms with Crippen molar-refractivity contribution in [3.63, 3.8) is 0 Å². The number of benzene rings is 2. The fraction of sp³-hybridized carbons (Fsp3) is 0.250. The van der Waals surface area contributed by atoms with E-state index in [9.17, 15) is 0 Å². The maximum absolute atomic E-state index is 6.05. The van der Waals surface area contributed by atoms with E-state index in [0.29, 0.717) is 5.92 Å². The Hall–Kier alpha value is -1.27. The molecule has 1 heteroatoms. The van der Waals surface area contributed by atoms with Crippen molar-refractivity contribution >= 4 is 11.6 Å². The zero-order chi connectivity index (χ0) is 12.3. The van der Waals surface area contributed by atoms with Crippen LogP contribution in [0, 0.1) is 0 Å². The number of rotatable bonds is 3. The lowest BCUT2D eigenvalue weighted by Crippen LogP contribution is -1.96. The van der Waals surface area contributed by atoms with Crippen LogP contribution in [0.2, 0.25) is 0 Å². The number of alkyl halides is 1. The molecule has 0 saturated carbocycles. The molecule has 0 aromatic heterocycles. The summed E-state index contributed by atoms with van der Waals surface area (Å²) in [6.45, 7) is 4.23. The molecular weight excluding hydrogens is 228 g/mol. The third-order valence-corrected chi connectivity index (χ3v) is 3.45. The van der Waals surface area contributed by atoms with E-state index in [4.69, 9.17) is 11.6 Å². The van der Waals surface area contributed by atoms with Crippen molar-refractivity contribution in [2.24, 2.45) is 0 Å². The standard InChI is InChI=1S/C16H17Cl/c1-12(14-6-4-3-5-7-14)15-8-10-16(11-9-15)13(2)17/h3-13H,1-2H3. The van der Waals surface area contributed by atoms with Gasteiger partial charge >= 0.3 is 0 Å². The van der Waals surface area contributed by atoms with Crippen molar-refractivity contribution in [3.05, 3.63) is 71.3 Å². The van der Waals surface area contributed by atoms with Gasteiger partial charge in [-0.2, -0.15) is 0 Å². The Bertz CT molecular complexity index is 457. The summed E-state index contributed by atoms with van der Waals surface area (Å²) in [5.41, 5.74) is 3.85. The lowest BCUT2D eigenvalue weighted by molar-refractivity contribution is 0.918. The molecule has 88 valence electrons. The van der Waals surface area contributed by atoms with Gasteiger partial charge in [0, 0.05) is 5.92 Å². The van der Waals surface area contributed by atoms with Crippen LogP contribution in [-0.2, 0) is 0 Å². The maximum Gasteiger partial charge on any atom is 0.0557 e. The lowest BCUT2D eigenvalue weighted by atomic mass is 9.92. The third-order valence-electron chi connectivity index (χ3n) is 3.20. The first-order chi connectivity index (χ1) is 8.18. The fourth-order valence-electron chi connectivity index (χ4n) is 1.98. The van der Waals surface area contributed by atoms with Crippen LogP contribution in [0.15, 0.2) is 54.6 Å². The van der Waals surface area contributed by atoms with Gasteiger partial charge in [-0.25, -0.2) is 0 Å². The summed E-state index contributed by atoms with van der Waals surface area (Å²) in [5.74, 6) is 0.427. The van der Waals surface area contributed by atoms with E-state index in [-0.39, 0.29) is 5.38 Å². The first kappa shape index (κ1) is 12.2. The predicted molar refractivity (Wildman–Crippen MR) is 74.7 cm³/mol. The van der Waals surface area contributed by atoms with E-state index in [1.165, 1.54) is 16.7 Å². The maximum atomic E-state index is 6.05. The van der Waals surface area contributed by atoms with Gasteiger partial charge in [0.1, 0.15) is 0 Å². The monoisotopic (exact) mass is 244 g/mol. The molecule has 17 heavy (non-hydrogen) atoms. The summed E-state index contributed by atoms with van der Waals surface area (Å²) in [6.07, 6.45) is 0. The van der Waals surface area contributed by atoms with Crippen LogP contribution in [0.3, 0.4) is 0 Å². The summed E-state index contributed by atoms with van der Waals surface area (Å²) < 4.78 is 0. The highest BCUT2D eigenvalue weighted by Gasteiger charge is 2.08. The van der Waals surface area contributed by atoms with Gasteiger partial charge in [-0.15, -0.1) is 11.6 Å². The quantitative estimate of drug-likeness (QED) is 0.656. The molecule has 0 N–H and O–H groups in total. The zero-order valence-corrected chi connectivity index (χ0v) is 11.0. The highest BCUT2D eigenvalue weighted by atomic mass is 35.5. The minimum atomic E-state index is 0.0797. The molecule has 2 rings (SSSR count). The van der Waals surface area contributed by atoms with Gasteiger partial charge in [-0.05, 0) is 23.6 Å². The second-order valence-corrected chi connectivity index (χ2v) is 5.07. The van der Waals surface area contributed by atoms with Gasteiger partial charge in [0.15, 0.2) is 0 Å². The average Bonchev–Trinajstić information content (AvgIpc) is 2.39. The fourth-order valence-corrected chi connectivity index (χ4v) is 2.13. The summed E-state index contributed by atoms with van der Waals surface area (Å²) in [5, 5.41) is 0.0797. The molecule has 0 radical (unpaired) electrons. The molecule has 2 aromatic rings. The smallest absolute Gasteiger partial charge is 0.0557 e. The lowest BCUT2D eigenvalue weighted by Gasteiger charge is -2.13. The van der Waals surface area contributed by atoms with Crippen LogP contribution in [0.1, 0.15) is 41.8 Å². The van der Waals surface area contributed by atoms with Crippen molar-refractivity contribution < 1.29 is 0 Å². The molecule has 0 spiro atoms. The molecule has 0 nitrogen and oxygen atoms in total. The molecule has 0 aliphatic heterocycles. The van der Waals surface area contributed by atoms with Crippen molar-refractivity contribution in [2.75, 3.05) is 0 Å². The molecular formula is C16H17Cl. The van der Waals surface area contributed by atoms with Gasteiger partial charge < -0.3 is 0 Å². The first-order valence-electron chi connectivity index (χ1n) is 5.97. The van der Waals surface area contributed by atoms with Crippen LogP contribution in [-0.4, -0.2) is 0 Å². The average molecular weight is 245 g/mol. The summed E-state index contributed by atoms with van der Waals surface area (Å²) in [7, 11) is 0. The Kier molecular flexibility index (Phi) is 3.86. The van der Waals surface area contributed by atoms with Crippen molar-refractivity contribution in [3.8, 4) is 0 Å². The predicted octanol–water partition coefficient (Wildman–Crippen LogP) is 5.14. The molecule has 2 aromatic carbocycles. The Balaban J connectivity index is 2.23. The topological polar surface area (TPSA) is 0 Å². The Labute approximate surface area is 108 Å². The van der Waals surface area contributed by atoms with Crippen molar-refractivity contribution in [2.45, 2.75) is 25.1 Å². The van der Waals surface area contributed by atoms with E-state index in [1.807, 2.05) is 6.92 Å². The van der Waals surface area contributed by atoms with E-state index in [2.05, 4.69) is 61.5 Å². The van der Waals surface area contributed by atoms with Crippen molar-refractivity contribution in [1.82, 2.24) is 0 Å². The molecule has 0 fully saturated rings. The van der Waals surface area contributed by atoms with Crippen LogP contribution in [0.25, 0.3) is 0 Å². The van der Waals surface area contributed by atoms with E-state index in [1.54, 1.807) is 0 Å². The van der Waals surface area contributed by atoms with Crippen LogP contribution in [0.4, 0.5) is 0 Å². The molecule has 0 aliphatic carbocycles. The third kappa shape index (κ3) is 2.89. The summed E-state index contributed by atoms with van der Waals surface area (Å²) in [4.78, 5) is 0. The molecule has 0 bridgehead atoms. The minimum absolute atomic E-state index is 0.0797. The van der Waals surface area contributed by atoms with E-state index in [0.717, 1.165) is 0 Å². The first-order valence-corrected chi connectivity index (χ1v) is 6.41. The second-order valence-electron chi connectivity index (χ2n) is 4.42. The Morgan fingerprint density at radius 3 is 1.71 bits per heavy atom. The molecule has 2 atom stereocenters. The number of halogens is 1. The second kappa shape index (κ2) is 5.37. The summed E-state index contributed by atoms with van der Waals surface area (Å²) >= 11 is 6.05. The zero-order valence-electron chi connectivity index (χ0n) is 10.2. The molecule has 0 saturated heterocycles. The van der Waals surface area contributed by atoms with Gasteiger partial charge in [0.25, 0.3) is 0 Å². The number of hydrogen-bond acceptors (Lipinski definition) is 0. The normalized spacial score (nSPS) is 14.3. The molecule has 0 amide bonds. The van der Waals surface area contributed by atoms with Crippen LogP contribution < -0.4 is 0 Å². The Morgan fingerprint density at radius 2 is 1.18 bits per heavy atom. The Morgan fingerprint density at radius 1 is 0.706 bits per heavy atom. The summed E-state index contributed by atoms with van der Waals surface area (Å²) in [6, 6.07) is 19.1. The van der Waals surface area contributed by atoms with E-state index >= 15 is 0 Å². The molecule has 0 aliphatic rings. The minimum Gasteiger partial charge on any atom is -0.118 e. The van der Waals surface area contributed by atoms with Gasteiger partial charge in [-0.1, -0.05) is 61.5 Å². The van der Waals surface area contributed by atoms with Crippen LogP contribution in [0.5, 0.6) is 0 Å². The SMILES string of the molecule is CC(Cl)c1ccc(C(C)c2ccccc2)cc1.